The second-order valence-electron chi connectivity index (χ2n) is 8.22. The predicted molar refractivity (Wildman–Crippen MR) is 125 cm³/mol. The fourth-order valence-corrected chi connectivity index (χ4v) is 4.08. The van der Waals surface area contributed by atoms with Crippen LogP contribution in [0.1, 0.15) is 26.5 Å². The van der Waals surface area contributed by atoms with E-state index < -0.39 is 11.7 Å². The highest BCUT2D eigenvalue weighted by Gasteiger charge is 2.20. The van der Waals surface area contributed by atoms with Gasteiger partial charge in [-0.2, -0.15) is 9.47 Å². The monoisotopic (exact) mass is 452 g/mol. The standard InChI is InChI=1S/C22H24N6O3S/c1-12-8-18(32-27-12)16-10-14(19-20(23)24-11-25-28(16)19)13-6-7-15(17(9-13)30-5)26-21(29)31-22(2,3)4/h6-11H,1-5H3,(H,26,29)(H2,23,24,25). The van der Waals surface area contributed by atoms with Crippen molar-refractivity contribution in [1.82, 2.24) is 19.0 Å². The maximum absolute atomic E-state index is 12.2. The molecule has 4 aromatic rings. The summed E-state index contributed by atoms with van der Waals surface area (Å²) < 4.78 is 17.0. The number of hydrogen-bond acceptors (Lipinski definition) is 8. The summed E-state index contributed by atoms with van der Waals surface area (Å²) in [6.07, 6.45) is 0.871. The molecule has 0 aliphatic heterocycles. The van der Waals surface area contributed by atoms with Crippen molar-refractivity contribution in [2.24, 2.45) is 0 Å². The van der Waals surface area contributed by atoms with Crippen LogP contribution in [-0.4, -0.2) is 37.8 Å². The first-order valence-corrected chi connectivity index (χ1v) is 10.7. The summed E-state index contributed by atoms with van der Waals surface area (Å²) in [4.78, 5) is 17.3. The van der Waals surface area contributed by atoms with E-state index in [-0.39, 0.29) is 0 Å². The molecule has 0 unspecified atom stereocenters. The molecule has 3 N–H and O–H groups in total. The molecule has 0 saturated heterocycles. The van der Waals surface area contributed by atoms with Gasteiger partial charge in [0, 0.05) is 5.56 Å². The van der Waals surface area contributed by atoms with E-state index in [0.29, 0.717) is 22.8 Å². The Bertz CT molecular complexity index is 1300. The number of hydrogen-bond donors (Lipinski definition) is 2. The molecule has 166 valence electrons. The minimum Gasteiger partial charge on any atom is -0.495 e. The fraction of sp³-hybridized carbons (Fsp3) is 0.273. The lowest BCUT2D eigenvalue weighted by molar-refractivity contribution is 0.0635. The van der Waals surface area contributed by atoms with Crippen molar-refractivity contribution in [1.29, 1.82) is 0 Å². The highest BCUT2D eigenvalue weighted by Crippen LogP contribution is 2.38. The number of fused-ring (bicyclic) bond motifs is 1. The minimum atomic E-state index is -0.606. The first-order valence-electron chi connectivity index (χ1n) is 9.90. The number of ether oxygens (including phenoxy) is 2. The van der Waals surface area contributed by atoms with Crippen molar-refractivity contribution in [3.63, 3.8) is 0 Å². The fourth-order valence-electron chi connectivity index (χ4n) is 3.32. The van der Waals surface area contributed by atoms with Crippen molar-refractivity contribution in [3.8, 4) is 27.4 Å². The van der Waals surface area contributed by atoms with Crippen LogP contribution in [0.5, 0.6) is 5.75 Å². The Morgan fingerprint density at radius 2 is 2.00 bits per heavy atom. The minimum absolute atomic E-state index is 0.359. The van der Waals surface area contributed by atoms with E-state index in [4.69, 9.17) is 15.2 Å². The molecule has 0 saturated carbocycles. The number of nitrogens with zero attached hydrogens (tertiary/aromatic N) is 4. The number of nitrogen functional groups attached to an aromatic ring is 1. The molecule has 10 heteroatoms. The molecule has 3 heterocycles. The lowest BCUT2D eigenvalue weighted by Crippen LogP contribution is -2.27. The third-order valence-corrected chi connectivity index (χ3v) is 5.51. The van der Waals surface area contributed by atoms with Gasteiger partial charge >= 0.3 is 6.09 Å². The lowest BCUT2D eigenvalue weighted by Gasteiger charge is -2.20. The molecular weight excluding hydrogens is 428 g/mol. The topological polar surface area (TPSA) is 117 Å². The van der Waals surface area contributed by atoms with E-state index in [1.807, 2.05) is 31.2 Å². The van der Waals surface area contributed by atoms with Gasteiger partial charge in [-0.3, -0.25) is 5.32 Å². The second kappa shape index (κ2) is 8.12. The number of carbonyl (C=O) groups excluding carboxylic acids is 1. The summed E-state index contributed by atoms with van der Waals surface area (Å²) >= 11 is 1.40. The number of rotatable bonds is 4. The molecule has 1 amide bonds. The number of carbonyl (C=O) groups is 1. The highest BCUT2D eigenvalue weighted by atomic mass is 32.1. The summed E-state index contributed by atoms with van der Waals surface area (Å²) in [6.45, 7) is 7.36. The van der Waals surface area contributed by atoms with E-state index in [1.165, 1.54) is 17.9 Å². The zero-order valence-electron chi connectivity index (χ0n) is 18.5. The highest BCUT2D eigenvalue weighted by molar-refractivity contribution is 7.09. The number of aryl methyl sites for hydroxylation is 1. The molecule has 0 fully saturated rings. The van der Waals surface area contributed by atoms with Crippen LogP contribution in [0.4, 0.5) is 16.3 Å². The van der Waals surface area contributed by atoms with E-state index in [2.05, 4.69) is 19.8 Å². The number of aromatic nitrogens is 4. The first-order chi connectivity index (χ1) is 15.2. The van der Waals surface area contributed by atoms with Gasteiger partial charge in [-0.1, -0.05) is 6.07 Å². The predicted octanol–water partition coefficient (Wildman–Crippen LogP) is 4.77. The van der Waals surface area contributed by atoms with Crippen LogP contribution in [0, 0.1) is 6.92 Å². The van der Waals surface area contributed by atoms with Crippen LogP contribution in [-0.2, 0) is 4.74 Å². The van der Waals surface area contributed by atoms with Crippen molar-refractivity contribution in [2.45, 2.75) is 33.3 Å². The zero-order chi connectivity index (χ0) is 23.0. The van der Waals surface area contributed by atoms with Gasteiger partial charge in [0.15, 0.2) is 5.82 Å². The Balaban J connectivity index is 1.78. The molecule has 4 rings (SSSR count). The summed E-state index contributed by atoms with van der Waals surface area (Å²) in [5.41, 5.74) is 10.3. The number of benzene rings is 1. The summed E-state index contributed by atoms with van der Waals surface area (Å²) in [6, 6.07) is 9.47. The number of nitrogens with two attached hydrogens (primary N) is 1. The number of amides is 1. The lowest BCUT2D eigenvalue weighted by atomic mass is 10.1. The first kappa shape index (κ1) is 21.6. The maximum atomic E-state index is 12.2. The molecule has 32 heavy (non-hydrogen) atoms. The number of methoxy groups -OCH3 is 1. The number of nitrogens with one attached hydrogen (secondary N) is 1. The Labute approximate surface area is 189 Å². The molecule has 3 aromatic heterocycles. The normalized spacial score (nSPS) is 11.5. The Kier molecular flexibility index (Phi) is 5.47. The van der Waals surface area contributed by atoms with Crippen molar-refractivity contribution in [2.75, 3.05) is 18.2 Å². The van der Waals surface area contributed by atoms with Gasteiger partial charge in [-0.15, -0.1) is 0 Å². The molecular formula is C22H24N6O3S. The molecule has 0 atom stereocenters. The van der Waals surface area contributed by atoms with Gasteiger partial charge in [0.1, 0.15) is 23.2 Å². The average Bonchev–Trinajstić information content (AvgIpc) is 3.31. The average molecular weight is 453 g/mol. The smallest absolute Gasteiger partial charge is 0.412 e. The molecule has 0 aliphatic carbocycles. The third-order valence-electron chi connectivity index (χ3n) is 4.61. The Morgan fingerprint density at radius 1 is 1.22 bits per heavy atom. The van der Waals surface area contributed by atoms with E-state index in [9.17, 15) is 4.79 Å². The maximum Gasteiger partial charge on any atom is 0.412 e. The molecule has 0 aliphatic rings. The van der Waals surface area contributed by atoms with Crippen LogP contribution >= 0.6 is 11.5 Å². The van der Waals surface area contributed by atoms with E-state index >= 15 is 0 Å². The van der Waals surface area contributed by atoms with Crippen LogP contribution < -0.4 is 15.8 Å². The van der Waals surface area contributed by atoms with Gasteiger partial charge in [0.25, 0.3) is 0 Å². The summed E-state index contributed by atoms with van der Waals surface area (Å²) in [7, 11) is 1.54. The zero-order valence-corrected chi connectivity index (χ0v) is 19.3. The van der Waals surface area contributed by atoms with Crippen molar-refractivity contribution >= 4 is 34.6 Å². The number of anilines is 2. The third kappa shape index (κ3) is 4.22. The Hall–Kier alpha value is -3.66. The quantitative estimate of drug-likeness (QED) is 0.458. The van der Waals surface area contributed by atoms with Gasteiger partial charge < -0.3 is 15.2 Å². The van der Waals surface area contributed by atoms with Crippen LogP contribution in [0.3, 0.4) is 0 Å². The van der Waals surface area contributed by atoms with Crippen LogP contribution in [0.2, 0.25) is 0 Å². The molecule has 0 bridgehead atoms. The summed E-state index contributed by atoms with van der Waals surface area (Å²) in [5.74, 6) is 0.843. The van der Waals surface area contributed by atoms with Gasteiger partial charge in [-0.25, -0.2) is 14.3 Å². The Morgan fingerprint density at radius 3 is 2.66 bits per heavy atom. The van der Waals surface area contributed by atoms with Crippen molar-refractivity contribution in [3.05, 3.63) is 42.4 Å². The molecule has 0 spiro atoms. The van der Waals surface area contributed by atoms with E-state index in [0.717, 1.165) is 27.4 Å². The SMILES string of the molecule is COc1cc(-c2cc(-c3cc(C)ns3)n3ncnc(N)c23)ccc1NC(=O)OC(C)(C)C. The molecule has 1 aromatic carbocycles. The molecule has 0 radical (unpaired) electrons. The summed E-state index contributed by atoms with van der Waals surface area (Å²) in [5, 5.41) is 7.14. The van der Waals surface area contributed by atoms with Gasteiger partial charge in [-0.05, 0) is 69.1 Å². The van der Waals surface area contributed by atoms with Crippen molar-refractivity contribution < 1.29 is 14.3 Å². The van der Waals surface area contributed by atoms with E-state index in [1.54, 1.807) is 38.5 Å². The van der Waals surface area contributed by atoms with Crippen LogP contribution in [0.15, 0.2) is 36.7 Å². The van der Waals surface area contributed by atoms with Gasteiger partial charge in [0.2, 0.25) is 0 Å². The largest absolute Gasteiger partial charge is 0.495 e. The molecule has 9 nitrogen and oxygen atoms in total. The van der Waals surface area contributed by atoms with Crippen LogP contribution in [0.25, 0.3) is 27.2 Å². The van der Waals surface area contributed by atoms with Gasteiger partial charge in [0.05, 0.1) is 29.1 Å². The second-order valence-corrected chi connectivity index (χ2v) is 9.03.